The second-order valence-electron chi connectivity index (χ2n) is 6.96. The van der Waals surface area contributed by atoms with Crippen LogP contribution in [0.2, 0.25) is 10.0 Å². The van der Waals surface area contributed by atoms with Crippen molar-refractivity contribution < 1.29 is 30.8 Å². The molecule has 0 unspecified atom stereocenters. The SMILES string of the molecule is O=C(Nc1ccc(F)c(C(F)(F)F)c1)[C@@H]1CCCN(S(=O)(=O)c2cc(Cl)ccc2Cl)C1. The summed E-state index contributed by atoms with van der Waals surface area (Å²) in [6.45, 7) is -0.0476. The van der Waals surface area contributed by atoms with Gasteiger partial charge in [0.15, 0.2) is 0 Å². The van der Waals surface area contributed by atoms with Crippen LogP contribution in [0.4, 0.5) is 23.2 Å². The summed E-state index contributed by atoms with van der Waals surface area (Å²) < 4.78 is 79.1. The second kappa shape index (κ2) is 8.93. The molecule has 3 rings (SSSR count). The van der Waals surface area contributed by atoms with Crippen LogP contribution in [-0.4, -0.2) is 31.7 Å². The van der Waals surface area contributed by atoms with Crippen LogP contribution in [0.3, 0.4) is 0 Å². The first-order valence-corrected chi connectivity index (χ1v) is 11.2. The van der Waals surface area contributed by atoms with Crippen molar-refractivity contribution >= 4 is 44.8 Å². The van der Waals surface area contributed by atoms with E-state index in [0.29, 0.717) is 25.0 Å². The minimum atomic E-state index is -4.92. The second-order valence-corrected chi connectivity index (χ2v) is 9.71. The number of halogens is 6. The highest BCUT2D eigenvalue weighted by Gasteiger charge is 2.36. The van der Waals surface area contributed by atoms with E-state index in [4.69, 9.17) is 23.2 Å². The fourth-order valence-electron chi connectivity index (χ4n) is 3.25. The van der Waals surface area contributed by atoms with E-state index in [1.165, 1.54) is 18.2 Å². The maximum absolute atomic E-state index is 13.4. The van der Waals surface area contributed by atoms with E-state index >= 15 is 0 Å². The zero-order valence-corrected chi connectivity index (χ0v) is 18.0. The van der Waals surface area contributed by atoms with Gasteiger partial charge in [-0.2, -0.15) is 17.5 Å². The molecule has 168 valence electrons. The predicted molar refractivity (Wildman–Crippen MR) is 108 cm³/mol. The molecule has 2 aromatic rings. The summed E-state index contributed by atoms with van der Waals surface area (Å²) in [5, 5.41) is 2.46. The van der Waals surface area contributed by atoms with Crippen LogP contribution in [0.25, 0.3) is 0 Å². The van der Waals surface area contributed by atoms with Gasteiger partial charge in [0, 0.05) is 23.8 Å². The molecule has 1 saturated heterocycles. The number of piperidine rings is 1. The van der Waals surface area contributed by atoms with E-state index in [-0.39, 0.29) is 33.7 Å². The standard InChI is InChI=1S/C19H16Cl2F4N2O3S/c20-12-3-5-15(21)17(8-12)31(29,30)27-7-1-2-11(10-27)18(28)26-13-4-6-16(22)14(9-13)19(23,24)25/h3-6,8-9,11H,1-2,7,10H2,(H,26,28)/t11-/m1/s1. The molecule has 0 aliphatic carbocycles. The van der Waals surface area contributed by atoms with Crippen LogP contribution in [-0.2, 0) is 21.0 Å². The van der Waals surface area contributed by atoms with Crippen molar-refractivity contribution in [2.75, 3.05) is 18.4 Å². The van der Waals surface area contributed by atoms with Gasteiger partial charge in [0.2, 0.25) is 15.9 Å². The number of benzene rings is 2. The Hall–Kier alpha value is -1.88. The lowest BCUT2D eigenvalue weighted by Gasteiger charge is -2.31. The highest BCUT2D eigenvalue weighted by molar-refractivity contribution is 7.89. The minimum absolute atomic E-state index is 0.0260. The molecule has 1 fully saturated rings. The lowest BCUT2D eigenvalue weighted by atomic mass is 9.98. The summed E-state index contributed by atoms with van der Waals surface area (Å²) >= 11 is 11.9. The average Bonchev–Trinajstić information content (AvgIpc) is 2.70. The van der Waals surface area contributed by atoms with Gasteiger partial charge in [0.25, 0.3) is 0 Å². The smallest absolute Gasteiger partial charge is 0.326 e. The molecule has 0 bridgehead atoms. The van der Waals surface area contributed by atoms with Gasteiger partial charge < -0.3 is 5.32 Å². The van der Waals surface area contributed by atoms with Crippen LogP contribution in [0.15, 0.2) is 41.3 Å². The molecule has 1 N–H and O–H groups in total. The highest BCUT2D eigenvalue weighted by Crippen LogP contribution is 2.34. The Bertz CT molecular complexity index is 1110. The third-order valence-electron chi connectivity index (χ3n) is 4.81. The quantitative estimate of drug-likeness (QED) is 0.589. The van der Waals surface area contributed by atoms with Crippen LogP contribution in [0.5, 0.6) is 0 Å². The number of anilines is 1. The van der Waals surface area contributed by atoms with Crippen LogP contribution < -0.4 is 5.32 Å². The maximum Gasteiger partial charge on any atom is 0.419 e. The van der Waals surface area contributed by atoms with Crippen LogP contribution >= 0.6 is 23.2 Å². The van der Waals surface area contributed by atoms with Gasteiger partial charge in [-0.05, 0) is 49.2 Å². The Morgan fingerprint density at radius 3 is 2.52 bits per heavy atom. The van der Waals surface area contributed by atoms with E-state index in [2.05, 4.69) is 5.32 Å². The van der Waals surface area contributed by atoms with Gasteiger partial charge in [-0.3, -0.25) is 4.79 Å². The van der Waals surface area contributed by atoms with Gasteiger partial charge in [-0.15, -0.1) is 0 Å². The number of amides is 1. The minimum Gasteiger partial charge on any atom is -0.326 e. The van der Waals surface area contributed by atoms with Crippen molar-refractivity contribution in [2.45, 2.75) is 23.9 Å². The Kier molecular flexibility index (Phi) is 6.85. The van der Waals surface area contributed by atoms with Crippen molar-refractivity contribution in [2.24, 2.45) is 5.92 Å². The molecule has 1 heterocycles. The Morgan fingerprint density at radius 2 is 1.84 bits per heavy atom. The molecule has 5 nitrogen and oxygen atoms in total. The number of rotatable bonds is 4. The van der Waals surface area contributed by atoms with Gasteiger partial charge in [0.1, 0.15) is 10.7 Å². The van der Waals surface area contributed by atoms with Crippen molar-refractivity contribution in [3.8, 4) is 0 Å². The number of nitrogens with one attached hydrogen (secondary N) is 1. The van der Waals surface area contributed by atoms with Gasteiger partial charge in [-0.1, -0.05) is 23.2 Å². The molecule has 1 aliphatic heterocycles. The van der Waals surface area contributed by atoms with Gasteiger partial charge >= 0.3 is 6.18 Å². The van der Waals surface area contributed by atoms with Gasteiger partial charge in [0.05, 0.1) is 16.5 Å². The zero-order chi connectivity index (χ0) is 23.0. The molecular formula is C19H16Cl2F4N2O3S. The number of carbonyl (C=O) groups is 1. The summed E-state index contributed by atoms with van der Waals surface area (Å²) in [6, 6.07) is 6.10. The average molecular weight is 499 g/mol. The number of hydrogen-bond acceptors (Lipinski definition) is 3. The number of carbonyl (C=O) groups excluding carboxylic acids is 1. The fourth-order valence-corrected chi connectivity index (χ4v) is 5.51. The molecule has 1 aliphatic rings. The van der Waals surface area contributed by atoms with E-state index < -0.39 is 39.4 Å². The molecular weight excluding hydrogens is 483 g/mol. The molecule has 0 aromatic heterocycles. The summed E-state index contributed by atoms with van der Waals surface area (Å²) in [4.78, 5) is 12.4. The number of alkyl halides is 3. The Morgan fingerprint density at radius 1 is 1.13 bits per heavy atom. The number of hydrogen-bond donors (Lipinski definition) is 1. The van der Waals surface area contributed by atoms with Crippen molar-refractivity contribution in [3.05, 3.63) is 57.8 Å². The first-order chi connectivity index (χ1) is 14.4. The molecule has 0 spiro atoms. The summed E-state index contributed by atoms with van der Waals surface area (Å²) in [6.07, 6.45) is -4.24. The molecule has 12 heteroatoms. The normalized spacial score (nSPS) is 18.1. The predicted octanol–water partition coefficient (Wildman–Crippen LogP) is 5.19. The number of sulfonamides is 1. The third-order valence-corrected chi connectivity index (χ3v) is 7.39. The lowest BCUT2D eigenvalue weighted by Crippen LogP contribution is -2.43. The summed E-state index contributed by atoms with van der Waals surface area (Å²) in [5.41, 5.74) is -1.75. The van der Waals surface area contributed by atoms with Crippen molar-refractivity contribution in [3.63, 3.8) is 0 Å². The van der Waals surface area contributed by atoms with Crippen LogP contribution in [0, 0.1) is 11.7 Å². The van der Waals surface area contributed by atoms with Crippen molar-refractivity contribution in [1.82, 2.24) is 4.31 Å². The van der Waals surface area contributed by atoms with Crippen molar-refractivity contribution in [1.29, 1.82) is 0 Å². The molecule has 31 heavy (non-hydrogen) atoms. The molecule has 2 aromatic carbocycles. The van der Waals surface area contributed by atoms with E-state index in [1.54, 1.807) is 0 Å². The first kappa shape index (κ1) is 23.8. The zero-order valence-electron chi connectivity index (χ0n) is 15.7. The van der Waals surface area contributed by atoms with E-state index in [0.717, 1.165) is 10.4 Å². The summed E-state index contributed by atoms with van der Waals surface area (Å²) in [5.74, 6) is -2.95. The van der Waals surface area contributed by atoms with Crippen LogP contribution in [0.1, 0.15) is 18.4 Å². The highest BCUT2D eigenvalue weighted by atomic mass is 35.5. The lowest BCUT2D eigenvalue weighted by molar-refractivity contribution is -0.140. The van der Waals surface area contributed by atoms with E-state index in [9.17, 15) is 30.8 Å². The largest absolute Gasteiger partial charge is 0.419 e. The number of nitrogens with zero attached hydrogens (tertiary/aromatic N) is 1. The fraction of sp³-hybridized carbons (Fsp3) is 0.316. The maximum atomic E-state index is 13.4. The topological polar surface area (TPSA) is 66.5 Å². The molecule has 0 radical (unpaired) electrons. The molecule has 1 atom stereocenters. The third kappa shape index (κ3) is 5.31. The van der Waals surface area contributed by atoms with Gasteiger partial charge in [-0.25, -0.2) is 12.8 Å². The first-order valence-electron chi connectivity index (χ1n) is 9.02. The monoisotopic (exact) mass is 498 g/mol. The Balaban J connectivity index is 1.78. The van der Waals surface area contributed by atoms with E-state index in [1.807, 2.05) is 0 Å². The molecule has 0 saturated carbocycles. The Labute approximate surface area is 186 Å². The molecule has 1 amide bonds. The summed E-state index contributed by atoms with van der Waals surface area (Å²) in [7, 11) is -4.05.